The molecule has 3 aromatic rings. The molecule has 1 aromatic heterocycles. The minimum absolute atomic E-state index is 0.0313. The van der Waals surface area contributed by atoms with Gasteiger partial charge in [0.25, 0.3) is 0 Å². The second-order valence-electron chi connectivity index (χ2n) is 10.9. The normalized spacial score (nSPS) is 16.1. The summed E-state index contributed by atoms with van der Waals surface area (Å²) in [5.74, 6) is -2.54. The summed E-state index contributed by atoms with van der Waals surface area (Å²) in [6.07, 6.45) is -4.98. The molecule has 0 saturated carbocycles. The molecule has 0 unspecified atom stereocenters. The quantitative estimate of drug-likeness (QED) is 0.277. The molecule has 2 aromatic carbocycles. The summed E-state index contributed by atoms with van der Waals surface area (Å²) in [4.78, 5) is 17.8. The number of para-hydroxylation sites is 1. The molecule has 1 amide bonds. The van der Waals surface area contributed by atoms with Gasteiger partial charge >= 0.3 is 12.3 Å². The third kappa shape index (κ3) is 7.27. The largest absolute Gasteiger partial charge is 0.489 e. The maximum absolute atomic E-state index is 15.9. The smallest absolute Gasteiger partial charge is 0.410 e. The third-order valence-corrected chi connectivity index (χ3v) is 6.71. The van der Waals surface area contributed by atoms with Crippen LogP contribution in [0.15, 0.2) is 36.4 Å². The van der Waals surface area contributed by atoms with E-state index in [2.05, 4.69) is 4.98 Å². The number of carbonyl (C=O) groups excluding carboxylic acids is 1. The highest BCUT2D eigenvalue weighted by Gasteiger charge is 2.41. The number of alkyl halides is 4. The fourth-order valence-corrected chi connectivity index (χ4v) is 5.07. The molecule has 4 rings (SSSR count). The van der Waals surface area contributed by atoms with E-state index in [4.69, 9.17) is 9.47 Å². The summed E-state index contributed by atoms with van der Waals surface area (Å²) in [6.45, 7) is 2.63. The highest BCUT2D eigenvalue weighted by atomic mass is 19.4. The number of H-pyrrole nitrogens is 1. The number of carbonyl (C=O) groups is 1. The van der Waals surface area contributed by atoms with Gasteiger partial charge in [-0.15, -0.1) is 0 Å². The number of aromatic amines is 1. The number of benzene rings is 2. The van der Waals surface area contributed by atoms with Gasteiger partial charge in [0.15, 0.2) is 11.6 Å². The maximum atomic E-state index is 15.9. The Morgan fingerprint density at radius 3 is 2.51 bits per heavy atom. The van der Waals surface area contributed by atoms with E-state index in [0.29, 0.717) is 16.8 Å². The Labute approximate surface area is 234 Å². The standard InChI is InChI=1S/C29H33F6N3O3/c1-28(2,3)41-27(39)37(13-6-12-30)15-16-40-22-10-9-20(31)23(24(22)32)26-25-19(11-14-38(26)17-29(33,34)35)18-7-4-5-8-21(18)36-25/h4-5,7-10,26,36H,6,11-17H2,1-3H3/t26-/m1/s1. The molecular weight excluding hydrogens is 552 g/mol. The van der Waals surface area contributed by atoms with Crippen molar-refractivity contribution < 1.29 is 40.6 Å². The van der Waals surface area contributed by atoms with Crippen LogP contribution in [0.5, 0.6) is 5.75 Å². The highest BCUT2D eigenvalue weighted by molar-refractivity contribution is 5.85. The Morgan fingerprint density at radius 1 is 1.10 bits per heavy atom. The first-order valence-electron chi connectivity index (χ1n) is 13.3. The highest BCUT2D eigenvalue weighted by Crippen LogP contribution is 2.42. The van der Waals surface area contributed by atoms with Crippen molar-refractivity contribution in [3.05, 3.63) is 64.9 Å². The van der Waals surface area contributed by atoms with Gasteiger partial charge in [0.1, 0.15) is 18.0 Å². The zero-order valence-electron chi connectivity index (χ0n) is 23.1. The van der Waals surface area contributed by atoms with Crippen LogP contribution in [0.3, 0.4) is 0 Å². The Bertz CT molecular complexity index is 1370. The van der Waals surface area contributed by atoms with Gasteiger partial charge in [-0.3, -0.25) is 9.29 Å². The van der Waals surface area contributed by atoms with Crippen molar-refractivity contribution in [2.75, 3.05) is 39.5 Å². The number of hydrogen-bond donors (Lipinski definition) is 1. The van der Waals surface area contributed by atoms with Crippen molar-refractivity contribution in [2.45, 2.75) is 51.4 Å². The molecule has 0 bridgehead atoms. The molecule has 0 saturated heterocycles. The van der Waals surface area contributed by atoms with E-state index in [1.54, 1.807) is 39.0 Å². The number of ether oxygens (including phenoxy) is 2. The predicted octanol–water partition coefficient (Wildman–Crippen LogP) is 6.93. The van der Waals surface area contributed by atoms with E-state index in [0.717, 1.165) is 22.4 Å². The van der Waals surface area contributed by atoms with E-state index in [1.807, 2.05) is 6.07 Å². The molecule has 0 fully saturated rings. The number of halogens is 6. The van der Waals surface area contributed by atoms with Crippen molar-refractivity contribution in [1.82, 2.24) is 14.8 Å². The van der Waals surface area contributed by atoms with Crippen molar-refractivity contribution in [2.24, 2.45) is 0 Å². The second kappa shape index (κ2) is 12.2. The molecule has 0 radical (unpaired) electrons. The van der Waals surface area contributed by atoms with Crippen LogP contribution in [0.4, 0.5) is 31.1 Å². The molecule has 12 heteroatoms. The van der Waals surface area contributed by atoms with E-state index in [1.165, 1.54) is 4.90 Å². The van der Waals surface area contributed by atoms with Crippen molar-refractivity contribution in [3.8, 4) is 5.75 Å². The SMILES string of the molecule is CC(C)(C)OC(=O)N(CCCF)CCOc1ccc(F)c([C@@H]2c3[nH]c4ccccc4c3CCN2CC(F)(F)F)c1F. The zero-order chi connectivity index (χ0) is 29.9. The summed E-state index contributed by atoms with van der Waals surface area (Å²) in [5.41, 5.74) is 0.280. The van der Waals surface area contributed by atoms with E-state index in [9.17, 15) is 22.4 Å². The lowest BCUT2D eigenvalue weighted by molar-refractivity contribution is -0.150. The summed E-state index contributed by atoms with van der Waals surface area (Å²) >= 11 is 0. The van der Waals surface area contributed by atoms with Gasteiger partial charge in [-0.25, -0.2) is 13.6 Å². The zero-order valence-corrected chi connectivity index (χ0v) is 23.1. The summed E-state index contributed by atoms with van der Waals surface area (Å²) in [7, 11) is 0. The van der Waals surface area contributed by atoms with Crippen molar-refractivity contribution >= 4 is 17.0 Å². The van der Waals surface area contributed by atoms with E-state index in [-0.39, 0.29) is 44.8 Å². The second-order valence-corrected chi connectivity index (χ2v) is 10.9. The van der Waals surface area contributed by atoms with Crippen LogP contribution in [0.2, 0.25) is 0 Å². The predicted molar refractivity (Wildman–Crippen MR) is 142 cm³/mol. The third-order valence-electron chi connectivity index (χ3n) is 6.71. The molecule has 2 heterocycles. The lowest BCUT2D eigenvalue weighted by Crippen LogP contribution is -2.42. The summed E-state index contributed by atoms with van der Waals surface area (Å²) < 4.78 is 95.6. The van der Waals surface area contributed by atoms with Gasteiger partial charge in [-0.2, -0.15) is 13.2 Å². The minimum atomic E-state index is -4.60. The van der Waals surface area contributed by atoms with Crippen LogP contribution in [0.25, 0.3) is 10.9 Å². The van der Waals surface area contributed by atoms with Crippen molar-refractivity contribution in [3.63, 3.8) is 0 Å². The molecule has 0 spiro atoms. The molecule has 1 N–H and O–H groups in total. The first kappa shape index (κ1) is 30.5. The minimum Gasteiger partial charge on any atom is -0.489 e. The van der Waals surface area contributed by atoms with Gasteiger partial charge < -0.3 is 19.4 Å². The lowest BCUT2D eigenvalue weighted by atomic mass is 9.91. The van der Waals surface area contributed by atoms with Gasteiger partial charge in [-0.1, -0.05) is 18.2 Å². The fraction of sp³-hybridized carbons (Fsp3) is 0.483. The molecule has 41 heavy (non-hydrogen) atoms. The topological polar surface area (TPSA) is 57.8 Å². The number of nitrogens with zero attached hydrogens (tertiary/aromatic N) is 2. The number of aromatic nitrogens is 1. The van der Waals surface area contributed by atoms with Crippen LogP contribution in [0, 0.1) is 11.6 Å². The number of hydrogen-bond acceptors (Lipinski definition) is 4. The van der Waals surface area contributed by atoms with Gasteiger partial charge in [0.05, 0.1) is 31.4 Å². The monoisotopic (exact) mass is 585 g/mol. The maximum Gasteiger partial charge on any atom is 0.410 e. The first-order chi connectivity index (χ1) is 19.3. The average molecular weight is 586 g/mol. The summed E-state index contributed by atoms with van der Waals surface area (Å²) in [6, 6.07) is 7.73. The number of amides is 1. The van der Waals surface area contributed by atoms with Crippen LogP contribution >= 0.6 is 0 Å². The van der Waals surface area contributed by atoms with Gasteiger partial charge in [0.2, 0.25) is 0 Å². The number of fused-ring (bicyclic) bond motifs is 3. The molecular formula is C29H33F6N3O3. The van der Waals surface area contributed by atoms with Crippen molar-refractivity contribution in [1.29, 1.82) is 0 Å². The van der Waals surface area contributed by atoms with Crippen LogP contribution in [-0.2, 0) is 11.2 Å². The van der Waals surface area contributed by atoms with E-state index >= 15 is 8.78 Å². The van der Waals surface area contributed by atoms with Gasteiger partial charge in [0, 0.05) is 29.7 Å². The molecule has 1 aliphatic heterocycles. The van der Waals surface area contributed by atoms with Gasteiger partial charge in [-0.05, 0) is 57.4 Å². The first-order valence-corrected chi connectivity index (χ1v) is 13.3. The number of nitrogens with one attached hydrogen (secondary N) is 1. The Kier molecular flexibility index (Phi) is 9.10. The Balaban J connectivity index is 1.64. The fourth-order valence-electron chi connectivity index (χ4n) is 5.07. The Morgan fingerprint density at radius 2 is 1.83 bits per heavy atom. The van der Waals surface area contributed by atoms with Crippen LogP contribution < -0.4 is 4.74 Å². The Hall–Kier alpha value is -3.41. The van der Waals surface area contributed by atoms with Crippen LogP contribution in [-0.4, -0.2) is 72.1 Å². The molecule has 0 aliphatic carbocycles. The summed E-state index contributed by atoms with van der Waals surface area (Å²) in [5, 5.41) is 0.780. The van der Waals surface area contributed by atoms with Crippen LogP contribution in [0.1, 0.15) is 50.1 Å². The van der Waals surface area contributed by atoms with E-state index < -0.39 is 54.3 Å². The lowest BCUT2D eigenvalue weighted by Gasteiger charge is -2.36. The molecule has 224 valence electrons. The number of rotatable bonds is 9. The molecule has 6 nitrogen and oxygen atoms in total. The average Bonchev–Trinajstić information content (AvgIpc) is 3.25. The molecule has 1 atom stereocenters. The molecule has 1 aliphatic rings.